The predicted octanol–water partition coefficient (Wildman–Crippen LogP) is -1.00. The third kappa shape index (κ3) is 10.7. The van der Waals surface area contributed by atoms with E-state index in [1.807, 2.05) is 0 Å². The zero-order valence-electron chi connectivity index (χ0n) is 6.37. The summed E-state index contributed by atoms with van der Waals surface area (Å²) in [5, 5.41) is 4.73. The van der Waals surface area contributed by atoms with Gasteiger partial charge in [-0.1, -0.05) is 0 Å². The van der Waals surface area contributed by atoms with Gasteiger partial charge in [0.15, 0.2) is 0 Å². The van der Waals surface area contributed by atoms with Crippen LogP contribution in [0.25, 0.3) is 0 Å². The quantitative estimate of drug-likeness (QED) is 0.566. The molecule has 0 aliphatic heterocycles. The first-order valence-electron chi connectivity index (χ1n) is 2.57. The second-order valence-corrected chi connectivity index (χ2v) is 3.90. The molecule has 0 heterocycles. The molecule has 0 fully saturated rings. The number of hydrogen-bond donors (Lipinski definition) is 2. The molecular formula is C4H15N3O2S. The Balaban J connectivity index is 0. The van der Waals surface area contributed by atoms with Crippen LogP contribution < -0.4 is 11.3 Å². The first-order valence-corrected chi connectivity index (χ1v) is 4.28. The number of primary sulfonamides is 1. The van der Waals surface area contributed by atoms with E-state index in [9.17, 15) is 8.42 Å². The molecule has 0 amide bonds. The van der Waals surface area contributed by atoms with E-state index >= 15 is 0 Å². The van der Waals surface area contributed by atoms with Gasteiger partial charge in [0.05, 0.1) is 5.75 Å². The zero-order chi connectivity index (χ0) is 7.49. The minimum atomic E-state index is -3.26. The van der Waals surface area contributed by atoms with Crippen LogP contribution in [0, 0.1) is 0 Å². The lowest BCUT2D eigenvalue weighted by molar-refractivity contribution is 0.432. The van der Waals surface area contributed by atoms with E-state index in [0.29, 0.717) is 6.54 Å². The van der Waals surface area contributed by atoms with Gasteiger partial charge in [0.1, 0.15) is 0 Å². The topological polar surface area (TPSA) is 98.4 Å². The molecular weight excluding hydrogens is 154 g/mol. The summed E-state index contributed by atoms with van der Waals surface area (Å²) in [7, 11) is 0.333. The molecule has 64 valence electrons. The molecule has 6 heteroatoms. The Morgan fingerprint density at radius 2 is 1.80 bits per heavy atom. The lowest BCUT2D eigenvalue weighted by Crippen LogP contribution is -2.26. The van der Waals surface area contributed by atoms with E-state index in [4.69, 9.17) is 5.14 Å². The fourth-order valence-corrected chi connectivity index (χ4v) is 0.929. The van der Waals surface area contributed by atoms with Crippen molar-refractivity contribution in [2.75, 3.05) is 26.4 Å². The Kier molecular flexibility index (Phi) is 5.77. The number of sulfonamides is 1. The molecule has 0 unspecified atom stereocenters. The largest absolute Gasteiger partial charge is 0.344 e. The summed E-state index contributed by atoms with van der Waals surface area (Å²) in [6, 6.07) is 0. The third-order valence-corrected chi connectivity index (χ3v) is 1.57. The fourth-order valence-electron chi connectivity index (χ4n) is 0.310. The van der Waals surface area contributed by atoms with Crippen molar-refractivity contribution in [1.82, 2.24) is 11.1 Å². The minimum absolute atomic E-state index is 0. The Hall–Kier alpha value is -0.170. The van der Waals surface area contributed by atoms with Crippen molar-refractivity contribution < 1.29 is 8.42 Å². The molecule has 5 N–H and O–H groups in total. The van der Waals surface area contributed by atoms with Crippen LogP contribution in [0.1, 0.15) is 0 Å². The van der Waals surface area contributed by atoms with Crippen LogP contribution >= 0.6 is 0 Å². The van der Waals surface area contributed by atoms with Gasteiger partial charge in [-0.15, -0.1) is 0 Å². The minimum Gasteiger partial charge on any atom is -0.344 e. The van der Waals surface area contributed by atoms with Gasteiger partial charge in [0, 0.05) is 6.54 Å². The first-order chi connectivity index (χ1) is 3.92. The van der Waals surface area contributed by atoms with Crippen LogP contribution in [0.3, 0.4) is 0 Å². The van der Waals surface area contributed by atoms with Crippen molar-refractivity contribution in [3.8, 4) is 0 Å². The molecule has 0 aliphatic carbocycles. The van der Waals surface area contributed by atoms with Gasteiger partial charge < -0.3 is 11.1 Å². The predicted molar refractivity (Wildman–Crippen MR) is 41.6 cm³/mol. The van der Waals surface area contributed by atoms with Crippen molar-refractivity contribution in [3.05, 3.63) is 0 Å². The summed E-state index contributed by atoms with van der Waals surface area (Å²) < 4.78 is 20.6. The van der Waals surface area contributed by atoms with Crippen molar-refractivity contribution in [1.29, 1.82) is 0 Å². The van der Waals surface area contributed by atoms with Crippen molar-refractivity contribution >= 4 is 10.0 Å². The van der Waals surface area contributed by atoms with Crippen LogP contribution in [0.15, 0.2) is 0 Å². The number of hydrogen-bond acceptors (Lipinski definition) is 4. The van der Waals surface area contributed by atoms with Gasteiger partial charge in [-0.2, -0.15) is 0 Å². The van der Waals surface area contributed by atoms with Gasteiger partial charge in [0.25, 0.3) is 0 Å². The molecule has 0 spiro atoms. The summed E-state index contributed by atoms with van der Waals surface area (Å²) >= 11 is 0. The van der Waals surface area contributed by atoms with Crippen LogP contribution in [-0.4, -0.2) is 39.7 Å². The van der Waals surface area contributed by atoms with E-state index in [1.54, 1.807) is 19.0 Å². The SMILES string of the molecule is CN(C)CCS(N)(=O)=O.N. The molecule has 0 saturated heterocycles. The molecule has 0 aromatic heterocycles. The molecule has 0 rings (SSSR count). The monoisotopic (exact) mass is 169 g/mol. The molecule has 0 aliphatic rings. The standard InChI is InChI=1S/C4H12N2O2S.H3N/c1-6(2)3-4-9(5,7)8;/h3-4H2,1-2H3,(H2,5,7,8);1H3. The second kappa shape index (κ2) is 4.62. The smallest absolute Gasteiger partial charge is 0.210 e. The van der Waals surface area contributed by atoms with Gasteiger partial charge in [-0.3, -0.25) is 0 Å². The summed E-state index contributed by atoms with van der Waals surface area (Å²) in [6.45, 7) is 0.485. The Bertz CT molecular complexity index is 163. The third-order valence-electron chi connectivity index (χ3n) is 0.823. The molecule has 0 bridgehead atoms. The van der Waals surface area contributed by atoms with Gasteiger partial charge in [-0.05, 0) is 14.1 Å². The maximum atomic E-state index is 10.3. The first kappa shape index (κ1) is 12.5. The molecule has 0 aromatic rings. The highest BCUT2D eigenvalue weighted by atomic mass is 32.2. The molecule has 0 atom stereocenters. The van der Waals surface area contributed by atoms with E-state index < -0.39 is 10.0 Å². The van der Waals surface area contributed by atoms with E-state index in [-0.39, 0.29) is 11.9 Å². The van der Waals surface area contributed by atoms with Crippen molar-refractivity contribution in [2.24, 2.45) is 5.14 Å². The number of rotatable bonds is 3. The van der Waals surface area contributed by atoms with Crippen LogP contribution in [0.5, 0.6) is 0 Å². The van der Waals surface area contributed by atoms with E-state index in [1.165, 1.54) is 0 Å². The number of nitrogens with two attached hydrogens (primary N) is 1. The van der Waals surface area contributed by atoms with Crippen LogP contribution in [0.2, 0.25) is 0 Å². The second-order valence-electron chi connectivity index (χ2n) is 2.17. The number of nitrogens with zero attached hydrogens (tertiary/aromatic N) is 1. The molecule has 0 saturated carbocycles. The van der Waals surface area contributed by atoms with Crippen LogP contribution in [-0.2, 0) is 10.0 Å². The molecule has 5 nitrogen and oxygen atoms in total. The average molecular weight is 169 g/mol. The molecule has 10 heavy (non-hydrogen) atoms. The summed E-state index contributed by atoms with van der Waals surface area (Å²) in [5.41, 5.74) is 0. The van der Waals surface area contributed by atoms with Crippen molar-refractivity contribution in [2.45, 2.75) is 0 Å². The Morgan fingerprint density at radius 1 is 1.40 bits per heavy atom. The zero-order valence-corrected chi connectivity index (χ0v) is 7.19. The molecule has 0 radical (unpaired) electrons. The fraction of sp³-hybridized carbons (Fsp3) is 1.00. The average Bonchev–Trinajstić information content (AvgIpc) is 1.59. The Labute approximate surface area is 61.8 Å². The summed E-state index contributed by atoms with van der Waals surface area (Å²) in [4.78, 5) is 1.77. The molecule has 0 aromatic carbocycles. The van der Waals surface area contributed by atoms with Gasteiger partial charge in [-0.25, -0.2) is 13.6 Å². The lowest BCUT2D eigenvalue weighted by Gasteiger charge is -2.06. The van der Waals surface area contributed by atoms with E-state index in [2.05, 4.69) is 0 Å². The van der Waals surface area contributed by atoms with Gasteiger partial charge in [0.2, 0.25) is 10.0 Å². The maximum Gasteiger partial charge on any atom is 0.210 e. The Morgan fingerprint density at radius 3 is 1.90 bits per heavy atom. The lowest BCUT2D eigenvalue weighted by atomic mass is 10.7. The van der Waals surface area contributed by atoms with E-state index in [0.717, 1.165) is 0 Å². The van der Waals surface area contributed by atoms with Crippen LogP contribution in [0.4, 0.5) is 0 Å². The van der Waals surface area contributed by atoms with Gasteiger partial charge >= 0.3 is 0 Å². The highest BCUT2D eigenvalue weighted by Gasteiger charge is 2.01. The highest BCUT2D eigenvalue weighted by Crippen LogP contribution is 1.79. The normalized spacial score (nSPS) is 11.2. The highest BCUT2D eigenvalue weighted by molar-refractivity contribution is 7.89. The maximum absolute atomic E-state index is 10.3. The summed E-state index contributed by atoms with van der Waals surface area (Å²) in [5.74, 6) is 0.0278. The van der Waals surface area contributed by atoms with Crippen molar-refractivity contribution in [3.63, 3.8) is 0 Å². The summed E-state index contributed by atoms with van der Waals surface area (Å²) in [6.07, 6.45) is 0.